The molecule has 0 fully saturated rings. The Bertz CT molecular complexity index is 379. The molecule has 0 bridgehead atoms. The maximum atomic E-state index is 13.0. The number of halogens is 1. The number of rotatable bonds is 4. The van der Waals surface area contributed by atoms with Gasteiger partial charge in [0.1, 0.15) is 11.6 Å². The van der Waals surface area contributed by atoms with Crippen LogP contribution >= 0.6 is 0 Å². The van der Waals surface area contributed by atoms with Crippen LogP contribution in [0.3, 0.4) is 0 Å². The van der Waals surface area contributed by atoms with Gasteiger partial charge in [-0.2, -0.15) is 0 Å². The van der Waals surface area contributed by atoms with Gasteiger partial charge in [-0.15, -0.1) is 0 Å². The number of methoxy groups -OCH3 is 1. The fourth-order valence-corrected chi connectivity index (χ4v) is 1.20. The first kappa shape index (κ1) is 12.4. The first-order valence-electron chi connectivity index (χ1n) is 4.79. The summed E-state index contributed by atoms with van der Waals surface area (Å²) in [6.07, 6.45) is 0. The van der Waals surface area contributed by atoms with Crippen LogP contribution in [0, 0.1) is 5.82 Å². The van der Waals surface area contributed by atoms with E-state index in [-0.39, 0.29) is 12.6 Å². The monoisotopic (exact) mass is 227 g/mol. The van der Waals surface area contributed by atoms with Crippen LogP contribution in [0.15, 0.2) is 18.2 Å². The average Bonchev–Trinajstić information content (AvgIpc) is 2.26. The smallest absolute Gasteiger partial charge is 0.343 e. The fourth-order valence-electron chi connectivity index (χ4n) is 1.20. The van der Waals surface area contributed by atoms with Gasteiger partial charge in [0.25, 0.3) is 0 Å². The van der Waals surface area contributed by atoms with Crippen LogP contribution in [-0.4, -0.2) is 19.7 Å². The lowest BCUT2D eigenvalue weighted by Gasteiger charge is -2.13. The third kappa shape index (κ3) is 3.20. The third-order valence-electron chi connectivity index (χ3n) is 2.04. The predicted molar refractivity (Wildman–Crippen MR) is 56.5 cm³/mol. The Balaban J connectivity index is 2.82. The van der Waals surface area contributed by atoms with Crippen LogP contribution in [0.5, 0.6) is 5.75 Å². The minimum absolute atomic E-state index is 0.220. The van der Waals surface area contributed by atoms with Crippen LogP contribution in [0.4, 0.5) is 4.39 Å². The summed E-state index contributed by atoms with van der Waals surface area (Å²) in [5, 5.41) is 0. The predicted octanol–water partition coefficient (Wildman–Crippen LogP) is 1.40. The summed E-state index contributed by atoms with van der Waals surface area (Å²) in [7, 11) is 1.27. The quantitative estimate of drug-likeness (QED) is 0.790. The lowest BCUT2D eigenvalue weighted by Crippen LogP contribution is -2.15. The Morgan fingerprint density at radius 2 is 2.25 bits per heavy atom. The first-order chi connectivity index (χ1) is 7.54. The van der Waals surface area contributed by atoms with Gasteiger partial charge in [0.05, 0.1) is 7.11 Å². The molecule has 88 valence electrons. The molecule has 0 aliphatic carbocycles. The fraction of sp³-hybridized carbons (Fsp3) is 0.364. The molecule has 0 unspecified atom stereocenters. The Kier molecular flexibility index (Phi) is 4.25. The minimum atomic E-state index is -0.500. The number of carbonyl (C=O) groups excluding carboxylic acids is 1. The number of carbonyl (C=O) groups is 1. The second-order valence-corrected chi connectivity index (χ2v) is 3.34. The highest BCUT2D eigenvalue weighted by Crippen LogP contribution is 2.24. The van der Waals surface area contributed by atoms with Crippen LogP contribution in [-0.2, 0) is 9.53 Å². The van der Waals surface area contributed by atoms with Crippen molar-refractivity contribution in [2.75, 3.05) is 13.7 Å². The molecule has 0 amide bonds. The molecule has 1 rings (SSSR count). The van der Waals surface area contributed by atoms with E-state index < -0.39 is 11.8 Å². The van der Waals surface area contributed by atoms with Crippen LogP contribution in [0.2, 0.25) is 0 Å². The highest BCUT2D eigenvalue weighted by Gasteiger charge is 2.11. The molecule has 5 heteroatoms. The average molecular weight is 227 g/mol. The van der Waals surface area contributed by atoms with Gasteiger partial charge in [0.2, 0.25) is 0 Å². The Labute approximate surface area is 93.2 Å². The Hall–Kier alpha value is -1.62. The number of benzene rings is 1. The van der Waals surface area contributed by atoms with Crippen LogP contribution in [0.1, 0.15) is 18.5 Å². The molecule has 1 atom stereocenters. The van der Waals surface area contributed by atoms with Gasteiger partial charge in [0, 0.05) is 11.6 Å². The van der Waals surface area contributed by atoms with E-state index >= 15 is 0 Å². The highest BCUT2D eigenvalue weighted by atomic mass is 19.1. The van der Waals surface area contributed by atoms with Crippen molar-refractivity contribution in [2.24, 2.45) is 5.73 Å². The number of ether oxygens (including phenoxy) is 2. The molecular formula is C11H14FNO3. The molecule has 0 radical (unpaired) electrons. The zero-order valence-electron chi connectivity index (χ0n) is 9.20. The second-order valence-electron chi connectivity index (χ2n) is 3.34. The summed E-state index contributed by atoms with van der Waals surface area (Å²) in [5.74, 6) is -0.500. The third-order valence-corrected chi connectivity index (χ3v) is 2.04. The number of hydrogen-bond acceptors (Lipinski definition) is 4. The van der Waals surface area contributed by atoms with E-state index in [1.807, 2.05) is 0 Å². The van der Waals surface area contributed by atoms with E-state index in [2.05, 4.69) is 4.74 Å². The van der Waals surface area contributed by atoms with E-state index in [9.17, 15) is 9.18 Å². The summed E-state index contributed by atoms with van der Waals surface area (Å²) in [6.45, 7) is 1.49. The SMILES string of the molecule is COC(=O)COc1ccc(F)cc1[C@@H](C)N. The summed E-state index contributed by atoms with van der Waals surface area (Å²) in [6, 6.07) is 3.61. The lowest BCUT2D eigenvalue weighted by atomic mass is 10.1. The largest absolute Gasteiger partial charge is 0.482 e. The standard InChI is InChI=1S/C11H14FNO3/c1-7(13)9-5-8(12)3-4-10(9)16-6-11(14)15-2/h3-5,7H,6,13H2,1-2H3/t7-/m1/s1. The van der Waals surface area contributed by atoms with Gasteiger partial charge in [-0.25, -0.2) is 9.18 Å². The van der Waals surface area contributed by atoms with Crippen molar-refractivity contribution in [1.29, 1.82) is 0 Å². The summed E-state index contributed by atoms with van der Waals surface area (Å²) >= 11 is 0. The molecule has 4 nitrogen and oxygen atoms in total. The maximum absolute atomic E-state index is 13.0. The molecule has 0 saturated carbocycles. The van der Waals surface area contributed by atoms with Crippen molar-refractivity contribution < 1.29 is 18.7 Å². The summed E-state index contributed by atoms with van der Waals surface area (Å²) < 4.78 is 22.6. The minimum Gasteiger partial charge on any atom is -0.482 e. The van der Waals surface area contributed by atoms with Gasteiger partial charge in [-0.3, -0.25) is 0 Å². The van der Waals surface area contributed by atoms with E-state index in [4.69, 9.17) is 10.5 Å². The molecule has 0 aliphatic heterocycles. The molecule has 0 aromatic heterocycles. The Morgan fingerprint density at radius 1 is 1.56 bits per heavy atom. The molecule has 1 aromatic rings. The van der Waals surface area contributed by atoms with Crippen molar-refractivity contribution in [3.63, 3.8) is 0 Å². The molecule has 2 N–H and O–H groups in total. The summed E-state index contributed by atoms with van der Waals surface area (Å²) in [4.78, 5) is 10.9. The second kappa shape index (κ2) is 5.46. The zero-order chi connectivity index (χ0) is 12.1. The normalized spacial score (nSPS) is 12.0. The van der Waals surface area contributed by atoms with E-state index in [0.717, 1.165) is 0 Å². The first-order valence-corrected chi connectivity index (χ1v) is 4.79. The number of nitrogens with two attached hydrogens (primary N) is 1. The van der Waals surface area contributed by atoms with Gasteiger partial charge in [-0.05, 0) is 25.1 Å². The van der Waals surface area contributed by atoms with Gasteiger partial charge >= 0.3 is 5.97 Å². The molecule has 0 aliphatic rings. The van der Waals surface area contributed by atoms with E-state index in [0.29, 0.717) is 11.3 Å². The Morgan fingerprint density at radius 3 is 2.81 bits per heavy atom. The molecular weight excluding hydrogens is 213 g/mol. The molecule has 0 heterocycles. The van der Waals surface area contributed by atoms with Crippen LogP contribution in [0.25, 0.3) is 0 Å². The topological polar surface area (TPSA) is 61.5 Å². The number of hydrogen-bond donors (Lipinski definition) is 1. The number of esters is 1. The summed E-state index contributed by atoms with van der Waals surface area (Å²) in [5.41, 5.74) is 6.18. The molecule has 0 spiro atoms. The van der Waals surface area contributed by atoms with E-state index in [1.54, 1.807) is 6.92 Å². The van der Waals surface area contributed by atoms with Gasteiger partial charge in [0.15, 0.2) is 6.61 Å². The zero-order valence-corrected chi connectivity index (χ0v) is 9.20. The van der Waals surface area contributed by atoms with Crippen molar-refractivity contribution in [3.05, 3.63) is 29.6 Å². The van der Waals surface area contributed by atoms with Crippen molar-refractivity contribution >= 4 is 5.97 Å². The van der Waals surface area contributed by atoms with Gasteiger partial charge < -0.3 is 15.2 Å². The van der Waals surface area contributed by atoms with E-state index in [1.165, 1.54) is 25.3 Å². The highest BCUT2D eigenvalue weighted by molar-refractivity contribution is 5.70. The molecule has 16 heavy (non-hydrogen) atoms. The maximum Gasteiger partial charge on any atom is 0.343 e. The lowest BCUT2D eigenvalue weighted by molar-refractivity contribution is -0.142. The van der Waals surface area contributed by atoms with Gasteiger partial charge in [-0.1, -0.05) is 0 Å². The van der Waals surface area contributed by atoms with Crippen LogP contribution < -0.4 is 10.5 Å². The molecule has 0 saturated heterocycles. The molecule has 1 aromatic carbocycles. The van der Waals surface area contributed by atoms with Crippen molar-refractivity contribution in [2.45, 2.75) is 13.0 Å². The van der Waals surface area contributed by atoms with Crippen molar-refractivity contribution in [1.82, 2.24) is 0 Å². The van der Waals surface area contributed by atoms with Crippen molar-refractivity contribution in [3.8, 4) is 5.75 Å².